The number of carbonyl (C=O) groups excluding carboxylic acids is 1. The summed E-state index contributed by atoms with van der Waals surface area (Å²) in [6.07, 6.45) is -0.611. The van der Waals surface area contributed by atoms with Crippen molar-refractivity contribution in [1.29, 1.82) is 5.26 Å². The average molecular weight is 563 g/mol. The molecule has 1 heterocycles. The van der Waals surface area contributed by atoms with Crippen LogP contribution in [-0.2, 0) is 21.2 Å². The van der Waals surface area contributed by atoms with Crippen molar-refractivity contribution in [3.63, 3.8) is 0 Å². The molecule has 2 fully saturated rings. The fraction of sp³-hybridized carbons (Fsp3) is 0.522. The van der Waals surface area contributed by atoms with Crippen molar-refractivity contribution >= 4 is 38.9 Å². The minimum Gasteiger partial charge on any atom is -0.338 e. The molecule has 0 spiro atoms. The Labute approximate surface area is 216 Å². The summed E-state index contributed by atoms with van der Waals surface area (Å²) in [5, 5.41) is 16.4. The first kappa shape index (κ1) is 26.8. The molecule has 0 bridgehead atoms. The lowest BCUT2D eigenvalue weighted by atomic mass is 9.75. The predicted molar refractivity (Wildman–Crippen MR) is 127 cm³/mol. The van der Waals surface area contributed by atoms with Crippen LogP contribution in [0.2, 0.25) is 0 Å². The molecule has 7 nitrogen and oxygen atoms in total. The van der Waals surface area contributed by atoms with Gasteiger partial charge in [-0.15, -0.1) is 23.2 Å². The smallest absolute Gasteiger partial charge is 0.338 e. The van der Waals surface area contributed by atoms with Crippen molar-refractivity contribution < 1.29 is 26.4 Å². The largest absolute Gasteiger partial charge is 0.408 e. The Morgan fingerprint density at radius 2 is 1.89 bits per heavy atom. The second-order valence-electron chi connectivity index (χ2n) is 9.53. The summed E-state index contributed by atoms with van der Waals surface area (Å²) in [5.41, 5.74) is 0.118. The van der Waals surface area contributed by atoms with Crippen LogP contribution in [0, 0.1) is 17.2 Å². The van der Waals surface area contributed by atoms with Gasteiger partial charge in [0.05, 0.1) is 16.7 Å². The molecule has 2 saturated carbocycles. The van der Waals surface area contributed by atoms with Crippen LogP contribution in [-0.4, -0.2) is 46.4 Å². The molecule has 194 valence electrons. The number of nitrogens with zero attached hydrogens (tertiary/aromatic N) is 3. The molecule has 2 atom stereocenters. The summed E-state index contributed by atoms with van der Waals surface area (Å²) in [5.74, 6) is -1.90. The standard InChI is InChI=1S/C23H23Cl2F3N4O3S/c1-36(34,35)15-4-2-14(3-5-15)18-11-32(13-23(26,27)28)31-19(18)16-6-7-22(24,25)10-17(16)20(33)30-21(12-29)8-9-21/h2-5,11,16-17H,6-10,13H2,1H3,(H,30,33)/t16-,17?/m1/s1. The summed E-state index contributed by atoms with van der Waals surface area (Å²) in [6.45, 7) is -1.34. The van der Waals surface area contributed by atoms with Gasteiger partial charge in [0.1, 0.15) is 16.4 Å². The van der Waals surface area contributed by atoms with Crippen LogP contribution in [0.5, 0.6) is 0 Å². The number of halogens is 5. The molecule has 0 aliphatic heterocycles. The zero-order chi connectivity index (χ0) is 26.5. The van der Waals surface area contributed by atoms with E-state index in [1.165, 1.54) is 30.5 Å². The number of sulfone groups is 1. The number of hydrogen-bond acceptors (Lipinski definition) is 5. The van der Waals surface area contributed by atoms with Crippen LogP contribution in [0.3, 0.4) is 0 Å². The maximum atomic E-state index is 13.3. The lowest BCUT2D eigenvalue weighted by Gasteiger charge is -2.37. The maximum Gasteiger partial charge on any atom is 0.408 e. The van der Waals surface area contributed by atoms with Gasteiger partial charge in [0, 0.05) is 29.9 Å². The van der Waals surface area contributed by atoms with Crippen molar-refractivity contribution in [2.75, 3.05) is 6.26 Å². The van der Waals surface area contributed by atoms with Crippen molar-refractivity contribution in [2.24, 2.45) is 5.92 Å². The van der Waals surface area contributed by atoms with Gasteiger partial charge in [-0.2, -0.15) is 23.5 Å². The Hall–Kier alpha value is -2.29. The topological polar surface area (TPSA) is 105 Å². The van der Waals surface area contributed by atoms with E-state index in [0.717, 1.165) is 10.9 Å². The molecule has 13 heteroatoms. The van der Waals surface area contributed by atoms with Gasteiger partial charge in [-0.3, -0.25) is 9.48 Å². The number of hydrogen-bond donors (Lipinski definition) is 1. The Balaban J connectivity index is 1.76. The third kappa shape index (κ3) is 5.98. The van der Waals surface area contributed by atoms with Gasteiger partial charge in [-0.25, -0.2) is 8.42 Å². The van der Waals surface area contributed by atoms with Crippen LogP contribution in [0.25, 0.3) is 11.1 Å². The van der Waals surface area contributed by atoms with E-state index in [4.69, 9.17) is 23.2 Å². The van der Waals surface area contributed by atoms with Crippen molar-refractivity contribution in [3.8, 4) is 17.2 Å². The zero-order valence-corrected chi connectivity index (χ0v) is 21.5. The van der Waals surface area contributed by atoms with E-state index in [1.54, 1.807) is 0 Å². The van der Waals surface area contributed by atoms with E-state index in [2.05, 4.69) is 16.5 Å². The second-order valence-corrected chi connectivity index (χ2v) is 13.2. The number of rotatable bonds is 6. The van der Waals surface area contributed by atoms with Gasteiger partial charge in [-0.05, 0) is 49.8 Å². The monoisotopic (exact) mass is 562 g/mol. The lowest BCUT2D eigenvalue weighted by molar-refractivity contribution is -0.142. The number of nitriles is 1. The number of benzene rings is 1. The van der Waals surface area contributed by atoms with Gasteiger partial charge in [0.15, 0.2) is 9.84 Å². The van der Waals surface area contributed by atoms with Gasteiger partial charge in [0.25, 0.3) is 0 Å². The third-order valence-electron chi connectivity index (χ3n) is 6.56. The highest BCUT2D eigenvalue weighted by Gasteiger charge is 2.49. The molecule has 1 aromatic heterocycles. The lowest BCUT2D eigenvalue weighted by Crippen LogP contribution is -2.45. The summed E-state index contributed by atoms with van der Waals surface area (Å²) in [6, 6.07) is 7.82. The van der Waals surface area contributed by atoms with Gasteiger partial charge in [0.2, 0.25) is 5.91 Å². The zero-order valence-electron chi connectivity index (χ0n) is 19.1. The van der Waals surface area contributed by atoms with E-state index in [0.29, 0.717) is 24.0 Å². The Morgan fingerprint density at radius 3 is 2.42 bits per heavy atom. The molecule has 2 aromatic rings. The molecular weight excluding hydrogens is 540 g/mol. The fourth-order valence-electron chi connectivity index (χ4n) is 4.53. The number of amides is 1. The average Bonchev–Trinajstić information content (AvgIpc) is 3.42. The minimum absolute atomic E-state index is 0.0344. The second kappa shape index (κ2) is 9.23. The predicted octanol–water partition coefficient (Wildman–Crippen LogP) is 4.75. The van der Waals surface area contributed by atoms with Gasteiger partial charge < -0.3 is 5.32 Å². The Bertz CT molecular complexity index is 1310. The van der Waals surface area contributed by atoms with Gasteiger partial charge >= 0.3 is 6.18 Å². The summed E-state index contributed by atoms with van der Waals surface area (Å²) < 4.78 is 62.8. The normalized spacial score (nSPS) is 23.0. The van der Waals surface area contributed by atoms with E-state index in [9.17, 15) is 31.6 Å². The van der Waals surface area contributed by atoms with E-state index >= 15 is 0 Å². The summed E-state index contributed by atoms with van der Waals surface area (Å²) in [7, 11) is -3.48. The highest BCUT2D eigenvalue weighted by molar-refractivity contribution is 7.90. The van der Waals surface area contributed by atoms with E-state index in [1.807, 2.05) is 0 Å². The van der Waals surface area contributed by atoms with Crippen LogP contribution in [0.4, 0.5) is 13.2 Å². The van der Waals surface area contributed by atoms with Crippen LogP contribution in [0.1, 0.15) is 43.7 Å². The Kier molecular flexibility index (Phi) is 6.86. The minimum atomic E-state index is -4.53. The molecular formula is C23H23Cl2F3N4O3S. The summed E-state index contributed by atoms with van der Waals surface area (Å²) in [4.78, 5) is 13.3. The van der Waals surface area contributed by atoms with Crippen molar-refractivity contribution in [2.45, 2.75) is 65.5 Å². The highest BCUT2D eigenvalue weighted by atomic mass is 35.5. The molecule has 1 N–H and O–H groups in total. The van der Waals surface area contributed by atoms with Crippen molar-refractivity contribution in [3.05, 3.63) is 36.2 Å². The first-order valence-electron chi connectivity index (χ1n) is 11.2. The summed E-state index contributed by atoms with van der Waals surface area (Å²) >= 11 is 12.8. The maximum absolute atomic E-state index is 13.3. The van der Waals surface area contributed by atoms with Crippen LogP contribution in [0.15, 0.2) is 35.4 Å². The van der Waals surface area contributed by atoms with Gasteiger partial charge in [-0.1, -0.05) is 12.1 Å². The van der Waals surface area contributed by atoms with E-state index in [-0.39, 0.29) is 29.9 Å². The molecule has 2 aliphatic rings. The van der Waals surface area contributed by atoms with Crippen LogP contribution < -0.4 is 5.32 Å². The highest BCUT2D eigenvalue weighted by Crippen LogP contribution is 2.49. The van der Waals surface area contributed by atoms with Crippen molar-refractivity contribution in [1.82, 2.24) is 15.1 Å². The molecule has 0 saturated heterocycles. The first-order chi connectivity index (χ1) is 16.6. The molecule has 4 rings (SSSR count). The molecule has 1 amide bonds. The first-order valence-corrected chi connectivity index (χ1v) is 13.8. The van der Waals surface area contributed by atoms with Crippen LogP contribution >= 0.6 is 23.2 Å². The number of nitrogens with one attached hydrogen (secondary N) is 1. The molecule has 1 aromatic carbocycles. The SMILES string of the molecule is CS(=O)(=O)c1ccc(-c2cn(CC(F)(F)F)nc2[C@@H]2CCC(Cl)(Cl)CC2C(=O)NC2(C#N)CC2)cc1. The third-order valence-corrected chi connectivity index (χ3v) is 8.38. The molecule has 36 heavy (non-hydrogen) atoms. The molecule has 1 unspecified atom stereocenters. The number of alkyl halides is 5. The van der Waals surface area contributed by atoms with E-state index < -0.39 is 50.2 Å². The number of aromatic nitrogens is 2. The molecule has 0 radical (unpaired) electrons. The number of carbonyl (C=O) groups is 1. The Morgan fingerprint density at radius 1 is 1.25 bits per heavy atom. The fourth-order valence-corrected chi connectivity index (χ4v) is 5.72. The quantitative estimate of drug-likeness (QED) is 0.511. The molecule has 2 aliphatic carbocycles.